The smallest absolute Gasteiger partial charge is 0.339 e. The van der Waals surface area contributed by atoms with Crippen molar-refractivity contribution in [2.45, 2.75) is 19.8 Å². The van der Waals surface area contributed by atoms with Crippen LogP contribution in [0.15, 0.2) is 36.5 Å². The minimum absolute atomic E-state index is 0.141. The summed E-state index contributed by atoms with van der Waals surface area (Å²) in [5, 5.41) is 12.1. The van der Waals surface area contributed by atoms with Crippen molar-refractivity contribution >= 4 is 17.5 Å². The van der Waals surface area contributed by atoms with Crippen molar-refractivity contribution in [3.8, 4) is 0 Å². The number of aromatic carboxylic acids is 1. The molecule has 0 aliphatic rings. The van der Waals surface area contributed by atoms with Crippen LogP contribution in [0.2, 0.25) is 0 Å². The number of anilines is 2. The van der Waals surface area contributed by atoms with Crippen molar-refractivity contribution in [1.29, 1.82) is 0 Å². The standard InChI is InChI=1S/C15H15FN2O2/c1-2-5-10-6-3-4-7-13(10)18-14-12(15(19)20)8-11(16)9-17-14/h3-4,6-9H,2,5H2,1H3,(H,17,18)(H,19,20). The van der Waals surface area contributed by atoms with Gasteiger partial charge in [-0.15, -0.1) is 0 Å². The number of carboxylic acid groups (broad SMARTS) is 1. The zero-order valence-corrected chi connectivity index (χ0v) is 11.1. The molecule has 20 heavy (non-hydrogen) atoms. The first-order chi connectivity index (χ1) is 9.61. The molecule has 1 heterocycles. The zero-order valence-electron chi connectivity index (χ0n) is 11.1. The van der Waals surface area contributed by atoms with Gasteiger partial charge in [0.05, 0.1) is 6.20 Å². The van der Waals surface area contributed by atoms with E-state index in [0.29, 0.717) is 0 Å². The van der Waals surface area contributed by atoms with Crippen molar-refractivity contribution in [2.24, 2.45) is 0 Å². The van der Waals surface area contributed by atoms with E-state index in [1.807, 2.05) is 24.3 Å². The molecule has 5 heteroatoms. The van der Waals surface area contributed by atoms with Gasteiger partial charge in [0.1, 0.15) is 17.2 Å². The summed E-state index contributed by atoms with van der Waals surface area (Å²) in [6.45, 7) is 2.07. The van der Waals surface area contributed by atoms with Crippen LogP contribution in [0.4, 0.5) is 15.9 Å². The molecule has 0 aliphatic heterocycles. The van der Waals surface area contributed by atoms with Crippen molar-refractivity contribution in [3.63, 3.8) is 0 Å². The Hall–Kier alpha value is -2.43. The maximum absolute atomic E-state index is 13.1. The Morgan fingerprint density at radius 1 is 1.40 bits per heavy atom. The Balaban J connectivity index is 2.37. The molecule has 2 aromatic rings. The Bertz CT molecular complexity index is 629. The lowest BCUT2D eigenvalue weighted by molar-refractivity contribution is 0.0697. The molecular formula is C15H15FN2O2. The van der Waals surface area contributed by atoms with Gasteiger partial charge >= 0.3 is 5.97 Å². The summed E-state index contributed by atoms with van der Waals surface area (Å²) in [4.78, 5) is 15.0. The van der Waals surface area contributed by atoms with E-state index in [4.69, 9.17) is 5.11 Å². The van der Waals surface area contributed by atoms with Gasteiger partial charge in [-0.2, -0.15) is 0 Å². The first-order valence-electron chi connectivity index (χ1n) is 6.35. The van der Waals surface area contributed by atoms with Gasteiger partial charge in [-0.05, 0) is 24.1 Å². The van der Waals surface area contributed by atoms with Crippen LogP contribution in [-0.2, 0) is 6.42 Å². The van der Waals surface area contributed by atoms with Crippen LogP contribution in [0.1, 0.15) is 29.3 Å². The van der Waals surface area contributed by atoms with E-state index in [9.17, 15) is 9.18 Å². The quantitative estimate of drug-likeness (QED) is 0.874. The summed E-state index contributed by atoms with van der Waals surface area (Å²) in [5.74, 6) is -1.75. The molecule has 2 rings (SSSR count). The molecule has 0 saturated heterocycles. The van der Waals surface area contributed by atoms with Gasteiger partial charge in [-0.1, -0.05) is 31.5 Å². The van der Waals surface area contributed by atoms with E-state index in [0.717, 1.165) is 36.4 Å². The van der Waals surface area contributed by atoms with Gasteiger partial charge in [0, 0.05) is 5.69 Å². The molecule has 2 N–H and O–H groups in total. The summed E-state index contributed by atoms with van der Waals surface area (Å²) in [5.41, 5.74) is 1.67. The lowest BCUT2D eigenvalue weighted by atomic mass is 10.1. The fraction of sp³-hybridized carbons (Fsp3) is 0.200. The molecule has 0 spiro atoms. The Morgan fingerprint density at radius 3 is 2.85 bits per heavy atom. The molecule has 1 aromatic carbocycles. The average Bonchev–Trinajstić information content (AvgIpc) is 2.43. The molecule has 4 nitrogen and oxygen atoms in total. The van der Waals surface area contributed by atoms with E-state index in [1.54, 1.807) is 0 Å². The van der Waals surface area contributed by atoms with Gasteiger partial charge < -0.3 is 10.4 Å². The predicted octanol–water partition coefficient (Wildman–Crippen LogP) is 3.62. The molecule has 0 saturated carbocycles. The second kappa shape index (κ2) is 6.14. The third-order valence-electron chi connectivity index (χ3n) is 2.87. The summed E-state index contributed by atoms with van der Waals surface area (Å²) >= 11 is 0. The highest BCUT2D eigenvalue weighted by Crippen LogP contribution is 2.23. The van der Waals surface area contributed by atoms with Crippen LogP contribution in [0.5, 0.6) is 0 Å². The fourth-order valence-electron chi connectivity index (χ4n) is 1.96. The maximum Gasteiger partial charge on any atom is 0.339 e. The zero-order chi connectivity index (χ0) is 14.5. The minimum Gasteiger partial charge on any atom is -0.478 e. The highest BCUT2D eigenvalue weighted by Gasteiger charge is 2.14. The molecule has 0 aliphatic carbocycles. The normalized spacial score (nSPS) is 10.3. The molecule has 0 bridgehead atoms. The Morgan fingerprint density at radius 2 is 2.15 bits per heavy atom. The van der Waals surface area contributed by atoms with Crippen LogP contribution in [0.25, 0.3) is 0 Å². The number of benzene rings is 1. The Labute approximate surface area is 116 Å². The lowest BCUT2D eigenvalue weighted by Crippen LogP contribution is -2.06. The number of halogens is 1. The summed E-state index contributed by atoms with van der Waals surface area (Å²) in [7, 11) is 0. The number of carboxylic acids is 1. The Kier molecular flexibility index (Phi) is 4.30. The van der Waals surface area contributed by atoms with Gasteiger partial charge in [0.2, 0.25) is 0 Å². The number of nitrogens with zero attached hydrogens (tertiary/aromatic N) is 1. The minimum atomic E-state index is -1.22. The largest absolute Gasteiger partial charge is 0.478 e. The number of nitrogens with one attached hydrogen (secondary N) is 1. The number of hydrogen-bond donors (Lipinski definition) is 2. The maximum atomic E-state index is 13.1. The molecule has 0 unspecified atom stereocenters. The molecule has 1 aromatic heterocycles. The van der Waals surface area contributed by atoms with E-state index in [-0.39, 0.29) is 11.4 Å². The number of hydrogen-bond acceptors (Lipinski definition) is 3. The summed E-state index contributed by atoms with van der Waals surface area (Å²) < 4.78 is 13.1. The van der Waals surface area contributed by atoms with E-state index >= 15 is 0 Å². The average molecular weight is 274 g/mol. The molecule has 0 radical (unpaired) electrons. The van der Waals surface area contributed by atoms with E-state index in [1.165, 1.54) is 0 Å². The third kappa shape index (κ3) is 3.12. The van der Waals surface area contributed by atoms with Gasteiger partial charge in [0.15, 0.2) is 0 Å². The number of aromatic nitrogens is 1. The first kappa shape index (κ1) is 14.0. The third-order valence-corrected chi connectivity index (χ3v) is 2.87. The molecule has 104 valence electrons. The van der Waals surface area contributed by atoms with Crippen LogP contribution in [0, 0.1) is 5.82 Å². The monoisotopic (exact) mass is 274 g/mol. The second-order valence-corrected chi connectivity index (χ2v) is 4.39. The summed E-state index contributed by atoms with van der Waals surface area (Å²) in [6, 6.07) is 8.55. The van der Waals surface area contributed by atoms with Crippen LogP contribution in [0.3, 0.4) is 0 Å². The highest BCUT2D eigenvalue weighted by molar-refractivity contribution is 5.94. The predicted molar refractivity (Wildman–Crippen MR) is 74.9 cm³/mol. The lowest BCUT2D eigenvalue weighted by Gasteiger charge is -2.12. The van der Waals surface area contributed by atoms with Crippen LogP contribution >= 0.6 is 0 Å². The van der Waals surface area contributed by atoms with Crippen molar-refractivity contribution in [3.05, 3.63) is 53.5 Å². The fourth-order valence-corrected chi connectivity index (χ4v) is 1.96. The van der Waals surface area contributed by atoms with Crippen LogP contribution < -0.4 is 5.32 Å². The van der Waals surface area contributed by atoms with Gasteiger partial charge in [0.25, 0.3) is 0 Å². The second-order valence-electron chi connectivity index (χ2n) is 4.39. The molecule has 0 amide bonds. The number of para-hydroxylation sites is 1. The van der Waals surface area contributed by atoms with E-state index < -0.39 is 11.8 Å². The number of rotatable bonds is 5. The number of aryl methyl sites for hydroxylation is 1. The van der Waals surface area contributed by atoms with E-state index in [2.05, 4.69) is 17.2 Å². The number of carbonyl (C=O) groups is 1. The topological polar surface area (TPSA) is 62.2 Å². The van der Waals surface area contributed by atoms with Crippen molar-refractivity contribution < 1.29 is 14.3 Å². The van der Waals surface area contributed by atoms with Gasteiger partial charge in [-0.3, -0.25) is 0 Å². The van der Waals surface area contributed by atoms with Gasteiger partial charge in [-0.25, -0.2) is 14.2 Å². The molecule has 0 fully saturated rings. The molecular weight excluding hydrogens is 259 g/mol. The van der Waals surface area contributed by atoms with Crippen molar-refractivity contribution in [2.75, 3.05) is 5.32 Å². The first-order valence-corrected chi connectivity index (χ1v) is 6.35. The number of pyridine rings is 1. The van der Waals surface area contributed by atoms with Crippen molar-refractivity contribution in [1.82, 2.24) is 4.98 Å². The highest BCUT2D eigenvalue weighted by atomic mass is 19.1. The SMILES string of the molecule is CCCc1ccccc1Nc1ncc(F)cc1C(=O)O. The van der Waals surface area contributed by atoms with Crippen LogP contribution in [-0.4, -0.2) is 16.1 Å². The molecule has 0 atom stereocenters. The summed E-state index contributed by atoms with van der Waals surface area (Å²) in [6.07, 6.45) is 2.84.